The van der Waals surface area contributed by atoms with Crippen LogP contribution < -0.4 is 16.0 Å². The van der Waals surface area contributed by atoms with Gasteiger partial charge < -0.3 is 30.4 Å². The van der Waals surface area contributed by atoms with Gasteiger partial charge in [0.2, 0.25) is 5.91 Å². The van der Waals surface area contributed by atoms with Crippen molar-refractivity contribution in [3.63, 3.8) is 0 Å². The third kappa shape index (κ3) is 6.62. The van der Waals surface area contributed by atoms with Gasteiger partial charge >= 0.3 is 0 Å². The molecule has 0 aliphatic rings. The first kappa shape index (κ1) is 23.9. The molecule has 3 rings (SSSR count). The molecule has 0 spiro atoms. The molecular weight excluding hydrogens is 454 g/mol. The minimum absolute atomic E-state index is 0.0231. The SMILES string of the molecule is COCc1nc(CNC(=O)c2ccc(Cl)s2)cn1-c1ccc(NC(=O)CNCCO)cc1. The van der Waals surface area contributed by atoms with Crippen molar-refractivity contribution >= 4 is 40.4 Å². The predicted molar refractivity (Wildman–Crippen MR) is 123 cm³/mol. The summed E-state index contributed by atoms with van der Waals surface area (Å²) in [6.07, 6.45) is 1.84. The number of aliphatic hydroxyl groups is 1. The van der Waals surface area contributed by atoms with Gasteiger partial charge in [-0.05, 0) is 36.4 Å². The average Bonchev–Trinajstić information content (AvgIpc) is 3.39. The van der Waals surface area contributed by atoms with E-state index in [1.54, 1.807) is 31.4 Å². The molecule has 4 N–H and O–H groups in total. The van der Waals surface area contributed by atoms with Crippen molar-refractivity contribution in [1.29, 1.82) is 0 Å². The van der Waals surface area contributed by atoms with Gasteiger partial charge in [-0.25, -0.2) is 4.98 Å². The summed E-state index contributed by atoms with van der Waals surface area (Å²) in [5.41, 5.74) is 2.17. The van der Waals surface area contributed by atoms with Crippen molar-refractivity contribution < 1.29 is 19.4 Å². The molecule has 0 bridgehead atoms. The molecule has 0 atom stereocenters. The van der Waals surface area contributed by atoms with Crippen molar-refractivity contribution in [3.8, 4) is 5.69 Å². The Morgan fingerprint density at radius 1 is 1.22 bits per heavy atom. The Labute approximate surface area is 194 Å². The lowest BCUT2D eigenvalue weighted by molar-refractivity contribution is -0.115. The zero-order chi connectivity index (χ0) is 22.9. The fraction of sp³-hybridized carbons (Fsp3) is 0.286. The van der Waals surface area contributed by atoms with Gasteiger partial charge in [-0.3, -0.25) is 9.59 Å². The third-order valence-corrected chi connectivity index (χ3v) is 5.56. The number of nitrogens with one attached hydrogen (secondary N) is 3. The highest BCUT2D eigenvalue weighted by atomic mass is 35.5. The number of ether oxygens (including phenoxy) is 1. The highest BCUT2D eigenvalue weighted by Gasteiger charge is 2.13. The molecular formula is C21H24ClN5O4S. The summed E-state index contributed by atoms with van der Waals surface area (Å²) in [4.78, 5) is 29.2. The zero-order valence-electron chi connectivity index (χ0n) is 17.4. The van der Waals surface area contributed by atoms with E-state index in [9.17, 15) is 9.59 Å². The lowest BCUT2D eigenvalue weighted by Crippen LogP contribution is -2.29. The fourth-order valence-corrected chi connectivity index (χ4v) is 3.86. The van der Waals surface area contributed by atoms with Crippen LogP contribution in [0.5, 0.6) is 0 Å². The minimum Gasteiger partial charge on any atom is -0.395 e. The number of hydrogen-bond acceptors (Lipinski definition) is 7. The van der Waals surface area contributed by atoms with E-state index >= 15 is 0 Å². The third-order valence-electron chi connectivity index (χ3n) is 4.33. The van der Waals surface area contributed by atoms with Crippen LogP contribution >= 0.6 is 22.9 Å². The molecule has 0 aliphatic heterocycles. The van der Waals surface area contributed by atoms with Crippen LogP contribution in [0.15, 0.2) is 42.6 Å². The number of aliphatic hydroxyl groups excluding tert-OH is 1. The van der Waals surface area contributed by atoms with Gasteiger partial charge in [-0.2, -0.15) is 0 Å². The number of anilines is 1. The molecule has 2 heterocycles. The van der Waals surface area contributed by atoms with Crippen LogP contribution in [0.3, 0.4) is 0 Å². The number of thiophene rings is 1. The maximum Gasteiger partial charge on any atom is 0.261 e. The summed E-state index contributed by atoms with van der Waals surface area (Å²) >= 11 is 7.11. The molecule has 11 heteroatoms. The number of nitrogens with zero attached hydrogens (tertiary/aromatic N) is 2. The number of hydrogen-bond donors (Lipinski definition) is 4. The van der Waals surface area contributed by atoms with Gasteiger partial charge in [0.25, 0.3) is 5.91 Å². The second kappa shape index (κ2) is 11.7. The number of amides is 2. The van der Waals surface area contributed by atoms with Crippen LogP contribution in [-0.2, 0) is 22.7 Å². The largest absolute Gasteiger partial charge is 0.395 e. The Morgan fingerprint density at radius 3 is 2.66 bits per heavy atom. The molecule has 2 aromatic heterocycles. The highest BCUT2D eigenvalue weighted by molar-refractivity contribution is 7.17. The van der Waals surface area contributed by atoms with Gasteiger partial charge in [0.15, 0.2) is 0 Å². The van der Waals surface area contributed by atoms with E-state index in [0.717, 1.165) is 5.69 Å². The number of imidazole rings is 1. The molecule has 2 amide bonds. The van der Waals surface area contributed by atoms with Crippen molar-refractivity contribution in [3.05, 3.63) is 63.3 Å². The van der Waals surface area contributed by atoms with Crippen LogP contribution in [0.25, 0.3) is 5.69 Å². The number of rotatable bonds is 11. The molecule has 9 nitrogen and oxygen atoms in total. The molecule has 0 saturated carbocycles. The number of benzene rings is 1. The lowest BCUT2D eigenvalue weighted by atomic mass is 10.2. The van der Waals surface area contributed by atoms with Gasteiger partial charge in [0.1, 0.15) is 12.4 Å². The second-order valence-corrected chi connectivity index (χ2v) is 8.45. The summed E-state index contributed by atoms with van der Waals surface area (Å²) in [6.45, 7) is 1.01. The predicted octanol–water partition coefficient (Wildman–Crippen LogP) is 2.18. The Balaban J connectivity index is 1.66. The van der Waals surface area contributed by atoms with Gasteiger partial charge in [-0.15, -0.1) is 11.3 Å². The Morgan fingerprint density at radius 2 is 2.00 bits per heavy atom. The molecule has 170 valence electrons. The number of carbonyl (C=O) groups is 2. The van der Waals surface area contributed by atoms with Crippen molar-refractivity contribution in [2.75, 3.05) is 32.1 Å². The summed E-state index contributed by atoms with van der Waals surface area (Å²) in [5.74, 6) is 0.276. The first-order chi connectivity index (χ1) is 15.5. The second-order valence-electron chi connectivity index (χ2n) is 6.73. The molecule has 32 heavy (non-hydrogen) atoms. The Hall–Kier alpha value is -2.76. The van der Waals surface area contributed by atoms with Crippen molar-refractivity contribution in [2.45, 2.75) is 13.2 Å². The highest BCUT2D eigenvalue weighted by Crippen LogP contribution is 2.21. The first-order valence-electron chi connectivity index (χ1n) is 9.81. The molecule has 0 radical (unpaired) electrons. The Kier molecular flexibility index (Phi) is 8.77. The summed E-state index contributed by atoms with van der Waals surface area (Å²) in [6, 6.07) is 10.7. The molecule has 1 aromatic carbocycles. The minimum atomic E-state index is -0.210. The maximum atomic E-state index is 12.3. The standard InChI is InChI=1S/C21H24ClN5O4S/c1-31-13-19-25-15(10-24-21(30)17-6-7-18(22)32-17)12-27(19)16-4-2-14(3-5-16)26-20(29)11-23-8-9-28/h2-7,12,23,28H,8-11,13H2,1H3,(H,24,30)(H,26,29). The van der Waals surface area contributed by atoms with E-state index in [-0.39, 0.29) is 31.5 Å². The van der Waals surface area contributed by atoms with E-state index in [1.807, 2.05) is 22.9 Å². The van der Waals surface area contributed by atoms with E-state index < -0.39 is 0 Å². The van der Waals surface area contributed by atoms with Gasteiger partial charge in [0.05, 0.1) is 34.6 Å². The van der Waals surface area contributed by atoms with E-state index in [2.05, 4.69) is 20.9 Å². The first-order valence-corrected chi connectivity index (χ1v) is 11.0. The van der Waals surface area contributed by atoms with Crippen LogP contribution in [0.2, 0.25) is 4.34 Å². The zero-order valence-corrected chi connectivity index (χ0v) is 19.0. The van der Waals surface area contributed by atoms with Gasteiger partial charge in [-0.1, -0.05) is 11.6 Å². The van der Waals surface area contributed by atoms with Crippen LogP contribution in [0.1, 0.15) is 21.2 Å². The van der Waals surface area contributed by atoms with E-state index in [4.69, 9.17) is 21.4 Å². The quantitative estimate of drug-likeness (QED) is 0.314. The topological polar surface area (TPSA) is 118 Å². The number of halogens is 1. The van der Waals surface area contributed by atoms with Crippen LogP contribution in [-0.4, -0.2) is 53.3 Å². The summed E-state index contributed by atoms with van der Waals surface area (Å²) in [7, 11) is 1.59. The van der Waals surface area contributed by atoms with Crippen molar-refractivity contribution in [2.24, 2.45) is 0 Å². The van der Waals surface area contributed by atoms with E-state index in [0.29, 0.717) is 39.6 Å². The normalized spacial score (nSPS) is 10.8. The number of methoxy groups -OCH3 is 1. The van der Waals surface area contributed by atoms with Crippen molar-refractivity contribution in [1.82, 2.24) is 20.2 Å². The van der Waals surface area contributed by atoms with E-state index in [1.165, 1.54) is 11.3 Å². The summed E-state index contributed by atoms with van der Waals surface area (Å²) in [5, 5.41) is 17.2. The molecule has 0 unspecified atom stereocenters. The molecule has 0 aliphatic carbocycles. The van der Waals surface area contributed by atoms with Crippen LogP contribution in [0, 0.1) is 0 Å². The molecule has 0 fully saturated rings. The Bertz CT molecular complexity index is 1050. The molecule has 3 aromatic rings. The summed E-state index contributed by atoms with van der Waals surface area (Å²) < 4.78 is 7.69. The monoisotopic (exact) mass is 477 g/mol. The molecule has 0 saturated heterocycles. The smallest absolute Gasteiger partial charge is 0.261 e. The van der Waals surface area contributed by atoms with Crippen LogP contribution in [0.4, 0.5) is 5.69 Å². The lowest BCUT2D eigenvalue weighted by Gasteiger charge is -2.09. The average molecular weight is 478 g/mol. The van der Waals surface area contributed by atoms with Gasteiger partial charge in [0, 0.05) is 31.2 Å². The fourth-order valence-electron chi connectivity index (χ4n) is 2.90. The number of carbonyl (C=O) groups excluding carboxylic acids is 2. The number of aromatic nitrogens is 2. The maximum absolute atomic E-state index is 12.3.